The van der Waals surface area contributed by atoms with E-state index in [2.05, 4.69) is 148 Å². The highest BCUT2D eigenvalue weighted by molar-refractivity contribution is 5.71. The molecule has 0 spiro atoms. The molecule has 2 atom stereocenters. The normalized spacial score (nSPS) is 13.3. The van der Waals surface area contributed by atoms with Crippen molar-refractivity contribution in [3.63, 3.8) is 0 Å². The van der Waals surface area contributed by atoms with Crippen LogP contribution in [0.3, 0.4) is 0 Å². The summed E-state index contributed by atoms with van der Waals surface area (Å²) in [6.45, 7) is 4.80. The van der Waals surface area contributed by atoms with Crippen LogP contribution in [-0.4, -0.2) is 87.4 Å². The third-order valence-electron chi connectivity index (χ3n) is 18.9. The SMILES string of the molecule is CC/C=C\C/C=C\C/C=C\C/C=C\C/C=C\C/C=C\C/C=C\C/C=C\C/C=C\C/C=C\CCCCCCCCCCCCC(=O)OC(COC(=O)CCCCCCCCCCCCCCCCCCCCCCCCCCC/C=C\CCCCCCCCCC)COC(OCC[N+](C)(C)C)C(=O)O. The van der Waals surface area contributed by atoms with Gasteiger partial charge in [0.25, 0.3) is 6.29 Å². The van der Waals surface area contributed by atoms with Crippen LogP contribution >= 0.6 is 0 Å². The van der Waals surface area contributed by atoms with E-state index in [0.717, 1.165) is 109 Å². The number of esters is 2. The highest BCUT2D eigenvalue weighted by atomic mass is 16.7. The Morgan fingerprint density at radius 2 is 0.553 bits per heavy atom. The van der Waals surface area contributed by atoms with Gasteiger partial charge in [0.2, 0.25) is 0 Å². The summed E-state index contributed by atoms with van der Waals surface area (Å²) in [5.41, 5.74) is 0. The molecule has 0 bridgehead atoms. The molecule has 0 aromatic rings. The van der Waals surface area contributed by atoms with Crippen molar-refractivity contribution in [1.82, 2.24) is 0 Å². The zero-order valence-electron chi connectivity index (χ0n) is 67.9. The number of carbonyl (C=O) groups is 3. The fraction of sp³-hybridized carbons (Fsp3) is 0.734. The van der Waals surface area contributed by atoms with Gasteiger partial charge in [-0.3, -0.25) is 9.59 Å². The number of unbranched alkanes of at least 4 members (excludes halogenated alkanes) is 43. The van der Waals surface area contributed by atoms with Gasteiger partial charge in [0.1, 0.15) is 13.2 Å². The van der Waals surface area contributed by atoms with Crippen LogP contribution in [0.2, 0.25) is 0 Å². The van der Waals surface area contributed by atoms with E-state index in [-0.39, 0.29) is 32.2 Å². The van der Waals surface area contributed by atoms with E-state index in [1.165, 1.54) is 244 Å². The zero-order chi connectivity index (χ0) is 74.6. The van der Waals surface area contributed by atoms with E-state index in [9.17, 15) is 19.5 Å². The van der Waals surface area contributed by atoms with E-state index in [1.807, 2.05) is 21.1 Å². The van der Waals surface area contributed by atoms with Crippen molar-refractivity contribution in [1.29, 1.82) is 0 Å². The van der Waals surface area contributed by atoms with Crippen LogP contribution in [0, 0.1) is 0 Å². The predicted octanol–water partition coefficient (Wildman–Crippen LogP) is 28.4. The molecule has 0 saturated heterocycles. The Hall–Kier alpha value is -4.57. The topological polar surface area (TPSA) is 108 Å². The van der Waals surface area contributed by atoms with Crippen LogP contribution in [0.4, 0.5) is 0 Å². The van der Waals surface area contributed by atoms with Gasteiger partial charge in [-0.25, -0.2) is 4.79 Å². The summed E-state index contributed by atoms with van der Waals surface area (Å²) in [5, 5.41) is 9.79. The average Bonchev–Trinajstić information content (AvgIpc) is 1.01. The first-order valence-electron chi connectivity index (χ1n) is 43.3. The van der Waals surface area contributed by atoms with Gasteiger partial charge in [0.15, 0.2) is 6.10 Å². The van der Waals surface area contributed by atoms with Gasteiger partial charge in [-0.15, -0.1) is 0 Å². The molecule has 0 heterocycles. The van der Waals surface area contributed by atoms with Gasteiger partial charge in [0.05, 0.1) is 34.4 Å². The van der Waals surface area contributed by atoms with Crippen molar-refractivity contribution < 1.29 is 42.9 Å². The fourth-order valence-corrected chi connectivity index (χ4v) is 12.3. The van der Waals surface area contributed by atoms with Gasteiger partial charge < -0.3 is 28.5 Å². The van der Waals surface area contributed by atoms with Crippen LogP contribution < -0.4 is 0 Å². The van der Waals surface area contributed by atoms with Gasteiger partial charge in [-0.1, -0.05) is 392 Å². The molecule has 0 fully saturated rings. The number of carboxylic acids is 1. The van der Waals surface area contributed by atoms with E-state index >= 15 is 0 Å². The number of hydrogen-bond acceptors (Lipinski definition) is 7. The zero-order valence-corrected chi connectivity index (χ0v) is 67.9. The van der Waals surface area contributed by atoms with E-state index in [0.29, 0.717) is 23.9 Å². The maximum atomic E-state index is 13.0. The molecule has 0 saturated carbocycles. The molecule has 0 aromatic carbocycles. The molecule has 2 unspecified atom stereocenters. The van der Waals surface area contributed by atoms with Crippen molar-refractivity contribution in [3.05, 3.63) is 134 Å². The fourth-order valence-electron chi connectivity index (χ4n) is 12.3. The second kappa shape index (κ2) is 83.1. The minimum absolute atomic E-state index is 0.183. The standard InChI is InChI=1S/C94H163NO8/c1-6-8-10-12-14-16-18-20-22-24-26-28-30-32-34-36-38-40-42-44-45-46-47-49-51-53-55-57-59-61-63-65-67-69-71-73-75-77-79-81-83-85-92(97)103-90(89-102-94(93(98)99)100-87-86-95(3,4)5)88-101-91(96)84-82-80-78-76-74-72-70-68-66-64-62-60-58-56-54-52-50-48-43-41-39-37-35-33-31-29-27-25-23-21-19-17-15-13-11-9-7-2/h8,10,14,16,20,22,25-28,32,34,38,40,44-45,47,49,53,55,59,61,90,94H,6-7,9,11-13,15,17-19,21,23-24,29-31,33,35-37,39,41-43,46,48,50-52,54,56-58,60,62-89H2,1-5H3/p+1/b10-8-,16-14-,22-20-,27-25-,28-26-,34-32-,40-38-,45-44-,49-47-,55-53-,61-59-. The van der Waals surface area contributed by atoms with Gasteiger partial charge in [-0.2, -0.15) is 0 Å². The smallest absolute Gasteiger partial charge is 0.361 e. The Kier molecular flexibility index (Phi) is 79.4. The summed E-state index contributed by atoms with van der Waals surface area (Å²) in [7, 11) is 5.99. The molecule has 9 nitrogen and oxygen atoms in total. The van der Waals surface area contributed by atoms with E-state index in [1.54, 1.807) is 0 Å². The third-order valence-corrected chi connectivity index (χ3v) is 18.9. The van der Waals surface area contributed by atoms with Gasteiger partial charge >= 0.3 is 17.9 Å². The van der Waals surface area contributed by atoms with Crippen LogP contribution in [0.5, 0.6) is 0 Å². The molecule has 0 amide bonds. The quantitative estimate of drug-likeness (QED) is 0.0211. The summed E-state index contributed by atoms with van der Waals surface area (Å²) in [4.78, 5) is 37.8. The van der Waals surface area contributed by atoms with Crippen molar-refractivity contribution in [3.8, 4) is 0 Å². The lowest BCUT2D eigenvalue weighted by Gasteiger charge is -2.25. The molecular formula is C94H164NO8+. The molecule has 0 aliphatic rings. The van der Waals surface area contributed by atoms with Gasteiger partial charge in [-0.05, 0) is 116 Å². The highest BCUT2D eigenvalue weighted by Gasteiger charge is 2.25. The Morgan fingerprint density at radius 3 is 0.835 bits per heavy atom. The molecule has 1 N–H and O–H groups in total. The van der Waals surface area contributed by atoms with Crippen LogP contribution in [0.25, 0.3) is 0 Å². The molecule has 103 heavy (non-hydrogen) atoms. The second-order valence-electron chi connectivity index (χ2n) is 30.1. The molecule has 0 aliphatic carbocycles. The first-order valence-corrected chi connectivity index (χ1v) is 43.3. The number of hydrogen-bond donors (Lipinski definition) is 1. The third kappa shape index (κ3) is 84.6. The molecule has 592 valence electrons. The largest absolute Gasteiger partial charge is 0.477 e. The summed E-state index contributed by atoms with van der Waals surface area (Å²) < 4.78 is 23.1. The Balaban J connectivity index is 4.02. The lowest BCUT2D eigenvalue weighted by atomic mass is 10.0. The molecule has 0 aliphatic heterocycles. The number of aliphatic carboxylic acids is 1. The van der Waals surface area contributed by atoms with Crippen molar-refractivity contribution in [2.75, 3.05) is 47.5 Å². The first kappa shape index (κ1) is 98.4. The number of carboxylic acid groups (broad SMARTS) is 1. The number of rotatable bonds is 80. The van der Waals surface area contributed by atoms with Crippen LogP contribution in [0.1, 0.15) is 386 Å². The second-order valence-corrected chi connectivity index (χ2v) is 30.1. The number of likely N-dealkylation sites (N-methyl/N-ethyl adjacent to an activating group) is 1. The first-order chi connectivity index (χ1) is 50.6. The lowest BCUT2D eigenvalue weighted by Crippen LogP contribution is -2.40. The Labute approximate surface area is 637 Å². The Morgan fingerprint density at radius 1 is 0.301 bits per heavy atom. The van der Waals surface area contributed by atoms with E-state index < -0.39 is 24.3 Å². The average molecular weight is 1440 g/mol. The Bertz CT molecular complexity index is 2170. The number of quaternary nitrogens is 1. The van der Waals surface area contributed by atoms with Crippen molar-refractivity contribution in [2.24, 2.45) is 0 Å². The molecular weight excluding hydrogens is 1270 g/mol. The van der Waals surface area contributed by atoms with Gasteiger partial charge in [0, 0.05) is 12.8 Å². The van der Waals surface area contributed by atoms with Crippen LogP contribution in [-0.2, 0) is 33.3 Å². The summed E-state index contributed by atoms with van der Waals surface area (Å²) >= 11 is 0. The van der Waals surface area contributed by atoms with Crippen LogP contribution in [0.15, 0.2) is 134 Å². The van der Waals surface area contributed by atoms with Crippen molar-refractivity contribution >= 4 is 17.9 Å². The predicted molar refractivity (Wildman–Crippen MR) is 447 cm³/mol. The maximum absolute atomic E-state index is 13.0. The molecule has 0 radical (unpaired) electrons. The molecule has 0 aromatic heterocycles. The molecule has 9 heteroatoms. The summed E-state index contributed by atoms with van der Waals surface area (Å²) in [6.07, 6.45) is 118. The van der Waals surface area contributed by atoms with E-state index in [4.69, 9.17) is 18.9 Å². The minimum Gasteiger partial charge on any atom is -0.477 e. The number of allylic oxidation sites excluding steroid dienone is 22. The monoisotopic (exact) mass is 1440 g/mol. The maximum Gasteiger partial charge on any atom is 0.361 e. The number of ether oxygens (including phenoxy) is 4. The van der Waals surface area contributed by atoms with Crippen molar-refractivity contribution in [2.45, 2.75) is 399 Å². The minimum atomic E-state index is -1.52. The summed E-state index contributed by atoms with van der Waals surface area (Å²) in [5.74, 6) is -2.00. The molecule has 0 rings (SSSR count). The summed E-state index contributed by atoms with van der Waals surface area (Å²) in [6, 6.07) is 0. The lowest BCUT2D eigenvalue weighted by molar-refractivity contribution is -0.870. The number of carbonyl (C=O) groups excluding carboxylic acids is 2. The highest BCUT2D eigenvalue weighted by Crippen LogP contribution is 2.19. The number of nitrogens with zero attached hydrogens (tertiary/aromatic N) is 1.